The number of carbonyl (C=O) groups excluding carboxylic acids is 1. The van der Waals surface area contributed by atoms with Crippen LogP contribution in [0.3, 0.4) is 0 Å². The van der Waals surface area contributed by atoms with Crippen molar-refractivity contribution in [2.75, 3.05) is 7.11 Å². The molecule has 0 spiro atoms. The molecule has 1 heterocycles. The third-order valence-corrected chi connectivity index (χ3v) is 2.36. The van der Waals surface area contributed by atoms with Gasteiger partial charge in [0.05, 0.1) is 12.6 Å². The Balaban J connectivity index is 2.52. The standard InChI is InChI=1S/C10H8ClN3O3/c1-17-10(16)14-13-8-6-4-5(11)2-3-7(6)12-9(8)15/h2-4,12,15H,1H3. The number of aromatic amines is 1. The van der Waals surface area contributed by atoms with Gasteiger partial charge in [-0.1, -0.05) is 16.7 Å². The number of fused-ring (bicyclic) bond motifs is 1. The van der Waals surface area contributed by atoms with E-state index in [1.807, 2.05) is 0 Å². The first kappa shape index (κ1) is 11.4. The number of azo groups is 1. The highest BCUT2D eigenvalue weighted by molar-refractivity contribution is 6.31. The number of ether oxygens (including phenoxy) is 1. The van der Waals surface area contributed by atoms with Crippen LogP contribution in [-0.4, -0.2) is 23.3 Å². The Morgan fingerprint density at radius 1 is 1.53 bits per heavy atom. The van der Waals surface area contributed by atoms with E-state index in [1.165, 1.54) is 7.11 Å². The zero-order valence-corrected chi connectivity index (χ0v) is 9.52. The summed E-state index contributed by atoms with van der Waals surface area (Å²) < 4.78 is 4.31. The molecule has 2 N–H and O–H groups in total. The van der Waals surface area contributed by atoms with Crippen molar-refractivity contribution in [1.82, 2.24) is 4.98 Å². The summed E-state index contributed by atoms with van der Waals surface area (Å²) in [6.07, 6.45) is -0.847. The lowest BCUT2D eigenvalue weighted by atomic mass is 10.2. The van der Waals surface area contributed by atoms with Gasteiger partial charge in [-0.2, -0.15) is 0 Å². The van der Waals surface area contributed by atoms with Crippen LogP contribution in [0, 0.1) is 0 Å². The molecule has 0 radical (unpaired) electrons. The molecule has 1 amide bonds. The van der Waals surface area contributed by atoms with Gasteiger partial charge in [0, 0.05) is 10.4 Å². The zero-order chi connectivity index (χ0) is 12.4. The lowest BCUT2D eigenvalue weighted by Gasteiger charge is -1.92. The number of hydrogen-bond acceptors (Lipinski definition) is 4. The van der Waals surface area contributed by atoms with E-state index in [2.05, 4.69) is 19.9 Å². The Bertz CT molecular complexity index is 606. The number of nitrogens with zero attached hydrogens (tertiary/aromatic N) is 2. The fourth-order valence-electron chi connectivity index (χ4n) is 1.37. The second-order valence-electron chi connectivity index (χ2n) is 3.18. The molecule has 2 aromatic rings. The molecule has 0 fully saturated rings. The highest BCUT2D eigenvalue weighted by Crippen LogP contribution is 2.36. The number of carbonyl (C=O) groups is 1. The van der Waals surface area contributed by atoms with Gasteiger partial charge in [-0.3, -0.25) is 0 Å². The number of aromatic hydroxyl groups is 1. The summed E-state index contributed by atoms with van der Waals surface area (Å²) in [5, 5.41) is 17.6. The molecule has 1 aromatic carbocycles. The predicted octanol–water partition coefficient (Wildman–Crippen LogP) is 3.38. The number of benzene rings is 1. The maximum Gasteiger partial charge on any atom is 0.452 e. The van der Waals surface area contributed by atoms with Crippen molar-refractivity contribution in [3.8, 4) is 5.88 Å². The van der Waals surface area contributed by atoms with E-state index >= 15 is 0 Å². The van der Waals surface area contributed by atoms with Gasteiger partial charge in [-0.15, -0.1) is 5.11 Å². The van der Waals surface area contributed by atoms with Crippen LogP contribution >= 0.6 is 11.6 Å². The number of nitrogens with one attached hydrogen (secondary N) is 1. The lowest BCUT2D eigenvalue weighted by Crippen LogP contribution is -1.89. The minimum absolute atomic E-state index is 0.146. The molecule has 88 valence electrons. The van der Waals surface area contributed by atoms with E-state index < -0.39 is 6.09 Å². The van der Waals surface area contributed by atoms with Crippen LogP contribution in [0.5, 0.6) is 5.88 Å². The first-order valence-corrected chi connectivity index (χ1v) is 4.99. The van der Waals surface area contributed by atoms with Gasteiger partial charge in [0.25, 0.3) is 0 Å². The first-order valence-electron chi connectivity index (χ1n) is 4.61. The van der Waals surface area contributed by atoms with Crippen molar-refractivity contribution in [3.05, 3.63) is 23.2 Å². The summed E-state index contributed by atoms with van der Waals surface area (Å²) in [5.41, 5.74) is 0.790. The molecule has 2 rings (SSSR count). The van der Waals surface area contributed by atoms with Crippen molar-refractivity contribution >= 4 is 34.3 Å². The third-order valence-electron chi connectivity index (χ3n) is 2.12. The second kappa shape index (κ2) is 4.42. The second-order valence-corrected chi connectivity index (χ2v) is 3.62. The number of hydrogen-bond donors (Lipinski definition) is 2. The number of methoxy groups -OCH3 is 1. The molecule has 0 saturated heterocycles. The van der Waals surface area contributed by atoms with Crippen LogP contribution in [-0.2, 0) is 4.74 Å². The minimum atomic E-state index is -0.847. The van der Waals surface area contributed by atoms with Gasteiger partial charge in [0.2, 0.25) is 5.88 Å². The molecule has 1 aromatic heterocycles. The quantitative estimate of drug-likeness (QED) is 0.764. The van der Waals surface area contributed by atoms with Crippen molar-refractivity contribution in [3.63, 3.8) is 0 Å². The average Bonchev–Trinajstić information content (AvgIpc) is 2.61. The van der Waals surface area contributed by atoms with Gasteiger partial charge in [0.15, 0.2) is 5.69 Å². The average molecular weight is 254 g/mol. The van der Waals surface area contributed by atoms with Gasteiger partial charge in [-0.05, 0) is 18.2 Å². The SMILES string of the molecule is COC(=O)N=Nc1c(O)[nH]c2ccc(Cl)cc12. The highest BCUT2D eigenvalue weighted by Gasteiger charge is 2.11. The summed E-state index contributed by atoms with van der Waals surface area (Å²) in [5.74, 6) is -0.185. The highest BCUT2D eigenvalue weighted by atomic mass is 35.5. The van der Waals surface area contributed by atoms with E-state index in [0.29, 0.717) is 15.9 Å². The van der Waals surface area contributed by atoms with Crippen LogP contribution in [0.25, 0.3) is 10.9 Å². The van der Waals surface area contributed by atoms with Crippen LogP contribution < -0.4 is 0 Å². The van der Waals surface area contributed by atoms with Crippen LogP contribution in [0.4, 0.5) is 10.5 Å². The van der Waals surface area contributed by atoms with Crippen LogP contribution in [0.2, 0.25) is 5.02 Å². The summed E-state index contributed by atoms with van der Waals surface area (Å²) in [6.45, 7) is 0. The van der Waals surface area contributed by atoms with E-state index in [4.69, 9.17) is 11.6 Å². The van der Waals surface area contributed by atoms with Crippen molar-refractivity contribution in [2.45, 2.75) is 0 Å². The van der Waals surface area contributed by atoms with Gasteiger partial charge >= 0.3 is 6.09 Å². The number of halogens is 1. The maximum absolute atomic E-state index is 10.8. The molecule has 0 aliphatic heterocycles. The van der Waals surface area contributed by atoms with Crippen molar-refractivity contribution in [2.24, 2.45) is 10.2 Å². The Kier molecular flexibility index (Phi) is 2.97. The third kappa shape index (κ3) is 2.21. The van der Waals surface area contributed by atoms with E-state index in [0.717, 1.165) is 0 Å². The normalized spacial score (nSPS) is 11.2. The lowest BCUT2D eigenvalue weighted by molar-refractivity contribution is 0.181. The van der Waals surface area contributed by atoms with Crippen molar-refractivity contribution < 1.29 is 14.6 Å². The number of H-pyrrole nitrogens is 1. The van der Waals surface area contributed by atoms with E-state index in [1.54, 1.807) is 18.2 Å². The van der Waals surface area contributed by atoms with Gasteiger partial charge in [0.1, 0.15) is 0 Å². The van der Waals surface area contributed by atoms with E-state index in [-0.39, 0.29) is 11.6 Å². The van der Waals surface area contributed by atoms with Gasteiger partial charge in [-0.25, -0.2) is 4.79 Å². The topological polar surface area (TPSA) is 87.0 Å². The Morgan fingerprint density at radius 2 is 2.29 bits per heavy atom. The minimum Gasteiger partial charge on any atom is -0.493 e. The molecule has 0 unspecified atom stereocenters. The predicted molar refractivity (Wildman–Crippen MR) is 61.9 cm³/mol. The zero-order valence-electron chi connectivity index (χ0n) is 8.77. The molecular weight excluding hydrogens is 246 g/mol. The molecular formula is C10H8ClN3O3. The smallest absolute Gasteiger partial charge is 0.452 e. The molecule has 0 saturated carbocycles. The maximum atomic E-state index is 10.8. The Hall–Kier alpha value is -2.08. The number of amides is 1. The van der Waals surface area contributed by atoms with E-state index in [9.17, 15) is 9.90 Å². The monoisotopic (exact) mass is 253 g/mol. The number of rotatable bonds is 1. The fourth-order valence-corrected chi connectivity index (χ4v) is 1.54. The molecule has 7 heteroatoms. The largest absolute Gasteiger partial charge is 0.493 e. The van der Waals surface area contributed by atoms with Crippen molar-refractivity contribution in [1.29, 1.82) is 0 Å². The summed E-state index contributed by atoms with van der Waals surface area (Å²) >= 11 is 5.83. The summed E-state index contributed by atoms with van der Waals surface area (Å²) in [7, 11) is 1.19. The Morgan fingerprint density at radius 3 is 3.00 bits per heavy atom. The van der Waals surface area contributed by atoms with Crippen LogP contribution in [0.1, 0.15) is 0 Å². The molecule has 0 bridgehead atoms. The first-order chi connectivity index (χ1) is 8.11. The molecule has 17 heavy (non-hydrogen) atoms. The summed E-state index contributed by atoms with van der Waals surface area (Å²) in [6, 6.07) is 4.97. The molecule has 0 atom stereocenters. The van der Waals surface area contributed by atoms with Crippen LogP contribution in [0.15, 0.2) is 28.4 Å². The number of aromatic nitrogens is 1. The molecule has 0 aliphatic carbocycles. The fraction of sp³-hybridized carbons (Fsp3) is 0.100. The molecule has 6 nitrogen and oxygen atoms in total. The molecule has 0 aliphatic rings. The summed E-state index contributed by atoms with van der Waals surface area (Å²) in [4.78, 5) is 13.5. The Labute approximate surface area is 101 Å². The van der Waals surface area contributed by atoms with Gasteiger partial charge < -0.3 is 14.8 Å².